The number of nitrogens with zero attached hydrogens (tertiary/aromatic N) is 3. The molecule has 2 saturated heterocycles. The number of halogens is 1. The number of hydrogen-bond donors (Lipinski definition) is 0. The minimum absolute atomic E-state index is 0.0316. The number of piperazine rings is 1. The van der Waals surface area contributed by atoms with Crippen molar-refractivity contribution in [3.63, 3.8) is 0 Å². The van der Waals surface area contributed by atoms with Crippen LogP contribution in [0, 0.1) is 5.92 Å². The molecule has 0 N–H and O–H groups in total. The van der Waals surface area contributed by atoms with Crippen molar-refractivity contribution in [3.05, 3.63) is 59.1 Å². The van der Waals surface area contributed by atoms with Gasteiger partial charge in [0.25, 0.3) is 5.91 Å². The Bertz CT molecular complexity index is 959. The van der Waals surface area contributed by atoms with Crippen molar-refractivity contribution in [2.24, 2.45) is 5.92 Å². The van der Waals surface area contributed by atoms with Gasteiger partial charge in [0.1, 0.15) is 18.1 Å². The van der Waals surface area contributed by atoms with E-state index in [1.807, 2.05) is 34.1 Å². The third kappa shape index (κ3) is 6.21. The summed E-state index contributed by atoms with van der Waals surface area (Å²) < 4.78 is 11.0. The summed E-state index contributed by atoms with van der Waals surface area (Å²) >= 11 is 5.94. The molecule has 7 nitrogen and oxygen atoms in total. The lowest BCUT2D eigenvalue weighted by Crippen LogP contribution is -2.53. The van der Waals surface area contributed by atoms with Crippen molar-refractivity contribution in [1.82, 2.24) is 14.7 Å². The molecule has 0 spiro atoms. The summed E-state index contributed by atoms with van der Waals surface area (Å²) in [7, 11) is 1.64. The van der Waals surface area contributed by atoms with Crippen LogP contribution in [-0.4, -0.2) is 86.0 Å². The molecule has 2 aromatic rings. The van der Waals surface area contributed by atoms with Gasteiger partial charge < -0.3 is 19.3 Å². The van der Waals surface area contributed by atoms with Crippen LogP contribution in [0.2, 0.25) is 5.02 Å². The molecule has 182 valence electrons. The minimum Gasteiger partial charge on any atom is -0.497 e. The van der Waals surface area contributed by atoms with Crippen LogP contribution in [0.15, 0.2) is 48.5 Å². The lowest BCUT2D eigenvalue weighted by atomic mass is 9.95. The number of benzene rings is 2. The highest BCUT2D eigenvalue weighted by Crippen LogP contribution is 2.22. The summed E-state index contributed by atoms with van der Waals surface area (Å²) in [5.41, 5.74) is 0.614. The quantitative estimate of drug-likeness (QED) is 0.601. The Morgan fingerprint density at radius 2 is 1.59 bits per heavy atom. The van der Waals surface area contributed by atoms with Crippen molar-refractivity contribution in [1.29, 1.82) is 0 Å². The highest BCUT2D eigenvalue weighted by atomic mass is 35.5. The standard InChI is InChI=1S/C26H32ClN3O4/c1-33-23-8-10-24(11-9-23)34-18-17-28-13-15-29(16-14-28)26(32)21-3-2-12-30(19-21)25(31)20-4-6-22(27)7-5-20/h4-11,21H,2-3,12-19H2,1H3/t21-/m1/s1. The van der Waals surface area contributed by atoms with E-state index in [1.54, 1.807) is 31.4 Å². The zero-order valence-corrected chi connectivity index (χ0v) is 20.4. The fraction of sp³-hybridized carbons (Fsp3) is 0.462. The molecule has 2 aliphatic heterocycles. The van der Waals surface area contributed by atoms with Gasteiger partial charge in [0.05, 0.1) is 13.0 Å². The molecule has 2 aromatic carbocycles. The van der Waals surface area contributed by atoms with Gasteiger partial charge >= 0.3 is 0 Å². The fourth-order valence-corrected chi connectivity index (χ4v) is 4.68. The van der Waals surface area contributed by atoms with E-state index < -0.39 is 0 Å². The summed E-state index contributed by atoms with van der Waals surface area (Å²) in [5, 5.41) is 0.606. The molecule has 2 aliphatic rings. The maximum absolute atomic E-state index is 13.2. The van der Waals surface area contributed by atoms with Crippen LogP contribution in [0.1, 0.15) is 23.2 Å². The Kier molecular flexibility index (Phi) is 8.29. The lowest BCUT2D eigenvalue weighted by Gasteiger charge is -2.39. The zero-order chi connectivity index (χ0) is 23.9. The van der Waals surface area contributed by atoms with Gasteiger partial charge in [0, 0.05) is 56.4 Å². The molecule has 0 unspecified atom stereocenters. The molecule has 2 amide bonds. The van der Waals surface area contributed by atoms with Crippen LogP contribution in [0.5, 0.6) is 11.5 Å². The predicted molar refractivity (Wildman–Crippen MR) is 132 cm³/mol. The van der Waals surface area contributed by atoms with E-state index in [1.165, 1.54) is 0 Å². The van der Waals surface area contributed by atoms with Gasteiger partial charge in [0.2, 0.25) is 5.91 Å². The number of hydrogen-bond acceptors (Lipinski definition) is 5. The maximum Gasteiger partial charge on any atom is 0.253 e. The smallest absolute Gasteiger partial charge is 0.253 e. The average Bonchev–Trinajstić information content (AvgIpc) is 2.89. The highest BCUT2D eigenvalue weighted by molar-refractivity contribution is 6.30. The molecule has 2 heterocycles. The van der Waals surface area contributed by atoms with E-state index in [4.69, 9.17) is 21.1 Å². The molecule has 1 atom stereocenters. The first-order valence-electron chi connectivity index (χ1n) is 11.9. The Labute approximate surface area is 206 Å². The molecule has 0 bridgehead atoms. The molecular formula is C26H32ClN3O4. The normalized spacial score (nSPS) is 19.1. The van der Waals surface area contributed by atoms with E-state index in [9.17, 15) is 9.59 Å². The molecule has 8 heteroatoms. The van der Waals surface area contributed by atoms with Gasteiger partial charge in [-0.25, -0.2) is 0 Å². The number of piperidine rings is 1. The lowest BCUT2D eigenvalue weighted by molar-refractivity contribution is -0.138. The Hall–Kier alpha value is -2.77. The molecule has 34 heavy (non-hydrogen) atoms. The van der Waals surface area contributed by atoms with E-state index in [-0.39, 0.29) is 17.7 Å². The number of amides is 2. The van der Waals surface area contributed by atoms with Gasteiger partial charge in [0.15, 0.2) is 0 Å². The summed E-state index contributed by atoms with van der Waals surface area (Å²) in [4.78, 5) is 32.1. The summed E-state index contributed by atoms with van der Waals surface area (Å²) in [6.07, 6.45) is 1.68. The zero-order valence-electron chi connectivity index (χ0n) is 19.6. The van der Waals surface area contributed by atoms with Crippen molar-refractivity contribution in [3.8, 4) is 11.5 Å². The van der Waals surface area contributed by atoms with Crippen LogP contribution in [0.3, 0.4) is 0 Å². The van der Waals surface area contributed by atoms with Crippen molar-refractivity contribution >= 4 is 23.4 Å². The van der Waals surface area contributed by atoms with Crippen molar-refractivity contribution in [2.45, 2.75) is 12.8 Å². The molecular weight excluding hydrogens is 454 g/mol. The van der Waals surface area contributed by atoms with Crippen molar-refractivity contribution < 1.29 is 19.1 Å². The van der Waals surface area contributed by atoms with E-state index >= 15 is 0 Å². The molecule has 0 radical (unpaired) electrons. The summed E-state index contributed by atoms with van der Waals surface area (Å²) in [6, 6.07) is 14.5. The Balaban J connectivity index is 1.21. The van der Waals surface area contributed by atoms with Crippen LogP contribution in [-0.2, 0) is 4.79 Å². The monoisotopic (exact) mass is 485 g/mol. The predicted octanol–water partition coefficient (Wildman–Crippen LogP) is 3.42. The third-order valence-corrected chi connectivity index (χ3v) is 6.82. The van der Waals surface area contributed by atoms with Crippen LogP contribution in [0.25, 0.3) is 0 Å². The SMILES string of the molecule is COc1ccc(OCCN2CCN(C(=O)[C@@H]3CCCN(C(=O)c4ccc(Cl)cc4)C3)CC2)cc1. The second kappa shape index (κ2) is 11.6. The molecule has 4 rings (SSSR count). The Morgan fingerprint density at radius 3 is 2.26 bits per heavy atom. The average molecular weight is 486 g/mol. The molecule has 2 fully saturated rings. The Morgan fingerprint density at radius 1 is 0.912 bits per heavy atom. The number of methoxy groups -OCH3 is 1. The van der Waals surface area contributed by atoms with Crippen molar-refractivity contribution in [2.75, 3.05) is 59.5 Å². The first-order chi connectivity index (χ1) is 16.5. The van der Waals surface area contributed by atoms with Gasteiger partial charge in [-0.15, -0.1) is 0 Å². The van der Waals surface area contributed by atoms with Gasteiger partial charge in [-0.05, 0) is 61.4 Å². The highest BCUT2D eigenvalue weighted by Gasteiger charge is 2.32. The number of likely N-dealkylation sites (tertiary alicyclic amines) is 1. The number of carbonyl (C=O) groups is 2. The van der Waals surface area contributed by atoms with Gasteiger partial charge in [-0.2, -0.15) is 0 Å². The van der Waals surface area contributed by atoms with E-state index in [0.29, 0.717) is 43.4 Å². The van der Waals surface area contributed by atoms with Gasteiger partial charge in [-0.1, -0.05) is 11.6 Å². The second-order valence-corrected chi connectivity index (χ2v) is 9.22. The second-order valence-electron chi connectivity index (χ2n) is 8.79. The first-order valence-corrected chi connectivity index (χ1v) is 12.2. The summed E-state index contributed by atoms with van der Waals surface area (Å²) in [6.45, 7) is 5.68. The third-order valence-electron chi connectivity index (χ3n) is 6.57. The first kappa shape index (κ1) is 24.4. The summed E-state index contributed by atoms with van der Waals surface area (Å²) in [5.74, 6) is 1.64. The number of carbonyl (C=O) groups excluding carboxylic acids is 2. The minimum atomic E-state index is -0.130. The largest absolute Gasteiger partial charge is 0.497 e. The molecule has 0 aliphatic carbocycles. The fourth-order valence-electron chi connectivity index (χ4n) is 4.55. The van der Waals surface area contributed by atoms with Crippen LogP contribution < -0.4 is 9.47 Å². The van der Waals surface area contributed by atoms with Gasteiger partial charge in [-0.3, -0.25) is 14.5 Å². The van der Waals surface area contributed by atoms with Crippen LogP contribution in [0.4, 0.5) is 0 Å². The topological polar surface area (TPSA) is 62.3 Å². The van der Waals surface area contributed by atoms with Crippen LogP contribution >= 0.6 is 11.6 Å². The molecule has 0 aromatic heterocycles. The molecule has 0 saturated carbocycles. The maximum atomic E-state index is 13.2. The number of ether oxygens (including phenoxy) is 2. The number of rotatable bonds is 7. The van der Waals surface area contributed by atoms with E-state index in [2.05, 4.69) is 4.90 Å². The van der Waals surface area contributed by atoms with E-state index in [0.717, 1.165) is 44.0 Å².